The summed E-state index contributed by atoms with van der Waals surface area (Å²) in [6.45, 7) is 1.97. The smallest absolute Gasteiger partial charge is 0.307 e. The van der Waals surface area contributed by atoms with Crippen LogP contribution in [0.15, 0.2) is 12.2 Å². The molecule has 1 fully saturated rings. The van der Waals surface area contributed by atoms with Gasteiger partial charge in [0, 0.05) is 0 Å². The Labute approximate surface area is 119 Å². The first-order chi connectivity index (χ1) is 9.60. The second kappa shape index (κ2) is 4.97. The van der Waals surface area contributed by atoms with Crippen LogP contribution in [0.25, 0.3) is 0 Å². The molecule has 20 heavy (non-hydrogen) atoms. The molecule has 0 aromatic carbocycles. The fourth-order valence-corrected chi connectivity index (χ4v) is 3.83. The van der Waals surface area contributed by atoms with E-state index in [-0.39, 0.29) is 17.7 Å². The Morgan fingerprint density at radius 2 is 2.05 bits per heavy atom. The summed E-state index contributed by atoms with van der Waals surface area (Å²) in [5.41, 5.74) is 0. The summed E-state index contributed by atoms with van der Waals surface area (Å²) in [5.74, 6) is -2.27. The van der Waals surface area contributed by atoms with E-state index in [1.807, 2.05) is 19.1 Å². The number of allylic oxidation sites excluding steroid dienone is 2. The van der Waals surface area contributed by atoms with Gasteiger partial charge >= 0.3 is 5.97 Å². The van der Waals surface area contributed by atoms with Gasteiger partial charge in [0.2, 0.25) is 11.0 Å². The van der Waals surface area contributed by atoms with Crippen molar-refractivity contribution in [3.05, 3.63) is 17.2 Å². The topological polar surface area (TPSA) is 92.2 Å². The van der Waals surface area contributed by atoms with Crippen molar-refractivity contribution in [3.63, 3.8) is 0 Å². The standard InChI is InChI=1S/C13H15N3O3S/c1-2-8-15-16-13(20-8)14-11(17)9-6-3-4-7(5-6)10(9)12(18)19/h3-4,6-7,9-10H,2,5H2,1H3,(H,18,19)(H,14,16,17)/t6-,7-,9-,10+/m0/s1. The van der Waals surface area contributed by atoms with Crippen LogP contribution < -0.4 is 5.32 Å². The van der Waals surface area contributed by atoms with Gasteiger partial charge < -0.3 is 10.4 Å². The number of carbonyl (C=O) groups is 2. The van der Waals surface area contributed by atoms with Gasteiger partial charge in [-0.05, 0) is 24.7 Å². The quantitative estimate of drug-likeness (QED) is 0.822. The Morgan fingerprint density at radius 3 is 2.65 bits per heavy atom. The molecule has 1 aromatic rings. The van der Waals surface area contributed by atoms with E-state index in [0.717, 1.165) is 17.8 Å². The van der Waals surface area contributed by atoms with Crippen molar-refractivity contribution < 1.29 is 14.7 Å². The summed E-state index contributed by atoms with van der Waals surface area (Å²) in [7, 11) is 0. The Kier molecular flexibility index (Phi) is 3.29. The Hall–Kier alpha value is -1.76. The van der Waals surface area contributed by atoms with Crippen molar-refractivity contribution in [2.75, 3.05) is 5.32 Å². The van der Waals surface area contributed by atoms with Crippen molar-refractivity contribution in [2.45, 2.75) is 19.8 Å². The van der Waals surface area contributed by atoms with Crippen molar-refractivity contribution >= 4 is 28.3 Å². The third-order valence-electron chi connectivity index (χ3n) is 4.05. The number of carbonyl (C=O) groups excluding carboxylic acids is 1. The molecule has 3 rings (SSSR count). The maximum Gasteiger partial charge on any atom is 0.307 e. The number of anilines is 1. The number of aliphatic carboxylic acids is 1. The molecule has 0 unspecified atom stereocenters. The molecule has 2 bridgehead atoms. The lowest BCUT2D eigenvalue weighted by Gasteiger charge is -2.23. The molecule has 1 aromatic heterocycles. The van der Waals surface area contributed by atoms with Crippen LogP contribution in [0.2, 0.25) is 0 Å². The number of carboxylic acid groups (broad SMARTS) is 1. The van der Waals surface area contributed by atoms with E-state index in [2.05, 4.69) is 15.5 Å². The molecule has 0 aliphatic heterocycles. The van der Waals surface area contributed by atoms with Crippen LogP contribution in [0.1, 0.15) is 18.4 Å². The fourth-order valence-electron chi connectivity index (χ4n) is 3.15. The second-order valence-corrected chi connectivity index (χ2v) is 6.24. The lowest BCUT2D eigenvalue weighted by molar-refractivity contribution is -0.146. The molecule has 7 heteroatoms. The summed E-state index contributed by atoms with van der Waals surface area (Å²) >= 11 is 1.33. The van der Waals surface area contributed by atoms with Crippen LogP contribution in [0.4, 0.5) is 5.13 Å². The first-order valence-corrected chi connectivity index (χ1v) is 7.46. The SMILES string of the molecule is CCc1nnc(NC(=O)[C@@H]2[C@H](C(=O)O)[C@H]3C=C[C@H]2C3)s1. The highest BCUT2D eigenvalue weighted by atomic mass is 32.1. The van der Waals surface area contributed by atoms with E-state index in [0.29, 0.717) is 5.13 Å². The maximum absolute atomic E-state index is 12.3. The number of carboxylic acids is 1. The summed E-state index contributed by atoms with van der Waals surface area (Å²) in [6.07, 6.45) is 5.41. The minimum atomic E-state index is -0.895. The predicted octanol–water partition coefficient (Wildman–Crippen LogP) is 1.56. The minimum Gasteiger partial charge on any atom is -0.481 e. The van der Waals surface area contributed by atoms with E-state index < -0.39 is 17.8 Å². The van der Waals surface area contributed by atoms with E-state index >= 15 is 0 Å². The normalized spacial score (nSPS) is 30.6. The monoisotopic (exact) mass is 293 g/mol. The van der Waals surface area contributed by atoms with Gasteiger partial charge in [0.15, 0.2) is 0 Å². The van der Waals surface area contributed by atoms with Gasteiger partial charge in [-0.3, -0.25) is 9.59 Å². The van der Waals surface area contributed by atoms with E-state index in [1.54, 1.807) is 0 Å². The van der Waals surface area contributed by atoms with Gasteiger partial charge in [0.1, 0.15) is 5.01 Å². The third-order valence-corrected chi connectivity index (χ3v) is 5.03. The molecule has 106 valence electrons. The van der Waals surface area contributed by atoms with Crippen molar-refractivity contribution in [2.24, 2.45) is 23.7 Å². The molecular formula is C13H15N3O3S. The predicted molar refractivity (Wildman–Crippen MR) is 73.3 cm³/mol. The largest absolute Gasteiger partial charge is 0.481 e. The van der Waals surface area contributed by atoms with Gasteiger partial charge in [-0.1, -0.05) is 30.4 Å². The highest BCUT2D eigenvalue weighted by Crippen LogP contribution is 2.48. The lowest BCUT2D eigenvalue weighted by atomic mass is 9.82. The van der Waals surface area contributed by atoms with Gasteiger partial charge in [-0.2, -0.15) is 0 Å². The number of hydrogen-bond acceptors (Lipinski definition) is 5. The molecule has 1 heterocycles. The number of hydrogen-bond donors (Lipinski definition) is 2. The lowest BCUT2D eigenvalue weighted by Crippen LogP contribution is -2.36. The molecular weight excluding hydrogens is 278 g/mol. The first kappa shape index (κ1) is 13.2. The van der Waals surface area contributed by atoms with Crippen LogP contribution in [-0.2, 0) is 16.0 Å². The number of nitrogens with one attached hydrogen (secondary N) is 1. The van der Waals surface area contributed by atoms with Crippen LogP contribution in [0.5, 0.6) is 0 Å². The molecule has 6 nitrogen and oxygen atoms in total. The van der Waals surface area contributed by atoms with Crippen molar-refractivity contribution in [3.8, 4) is 0 Å². The zero-order chi connectivity index (χ0) is 14.3. The van der Waals surface area contributed by atoms with Gasteiger partial charge in [-0.25, -0.2) is 0 Å². The number of aryl methyl sites for hydroxylation is 1. The van der Waals surface area contributed by atoms with Gasteiger partial charge in [0.05, 0.1) is 11.8 Å². The first-order valence-electron chi connectivity index (χ1n) is 6.64. The highest BCUT2D eigenvalue weighted by molar-refractivity contribution is 7.15. The Bertz CT molecular complexity index is 583. The van der Waals surface area contributed by atoms with Crippen molar-refractivity contribution in [1.82, 2.24) is 10.2 Å². The third kappa shape index (κ3) is 2.11. The highest BCUT2D eigenvalue weighted by Gasteiger charge is 2.51. The van der Waals surface area contributed by atoms with Crippen LogP contribution in [0, 0.1) is 23.7 Å². The number of amides is 1. The zero-order valence-electron chi connectivity index (χ0n) is 10.9. The number of nitrogens with zero attached hydrogens (tertiary/aromatic N) is 2. The van der Waals surface area contributed by atoms with Crippen molar-refractivity contribution in [1.29, 1.82) is 0 Å². The van der Waals surface area contributed by atoms with Gasteiger partial charge in [-0.15, -0.1) is 10.2 Å². The fraction of sp³-hybridized carbons (Fsp3) is 0.538. The summed E-state index contributed by atoms with van der Waals surface area (Å²) in [5, 5.41) is 21.2. The molecule has 1 saturated carbocycles. The Morgan fingerprint density at radius 1 is 1.35 bits per heavy atom. The summed E-state index contributed by atoms with van der Waals surface area (Å²) < 4.78 is 0. The minimum absolute atomic E-state index is 0.0196. The molecule has 0 spiro atoms. The van der Waals surface area contributed by atoms with Gasteiger partial charge in [0.25, 0.3) is 0 Å². The number of aromatic nitrogens is 2. The van der Waals surface area contributed by atoms with E-state index in [9.17, 15) is 14.7 Å². The summed E-state index contributed by atoms with van der Waals surface area (Å²) in [4.78, 5) is 23.7. The Balaban J connectivity index is 1.76. The molecule has 2 N–H and O–H groups in total. The summed E-state index contributed by atoms with van der Waals surface area (Å²) in [6, 6.07) is 0. The maximum atomic E-state index is 12.3. The van der Waals surface area contributed by atoms with Crippen LogP contribution in [0.3, 0.4) is 0 Å². The number of rotatable bonds is 4. The average Bonchev–Trinajstić information content (AvgIpc) is 3.12. The molecule has 0 saturated heterocycles. The molecule has 0 radical (unpaired) electrons. The zero-order valence-corrected chi connectivity index (χ0v) is 11.8. The van der Waals surface area contributed by atoms with E-state index in [4.69, 9.17) is 0 Å². The average molecular weight is 293 g/mol. The van der Waals surface area contributed by atoms with Crippen LogP contribution in [-0.4, -0.2) is 27.2 Å². The molecule has 2 aliphatic carbocycles. The number of fused-ring (bicyclic) bond motifs is 2. The second-order valence-electron chi connectivity index (χ2n) is 5.18. The van der Waals surface area contributed by atoms with Crippen LogP contribution >= 0.6 is 11.3 Å². The molecule has 2 aliphatic rings. The molecule has 4 atom stereocenters. The molecule has 1 amide bonds. The van der Waals surface area contributed by atoms with E-state index in [1.165, 1.54) is 11.3 Å².